The van der Waals surface area contributed by atoms with Gasteiger partial charge in [-0.15, -0.1) is 0 Å². The molecule has 3 nitrogen and oxygen atoms in total. The van der Waals surface area contributed by atoms with Gasteiger partial charge in [0.05, 0.1) is 12.6 Å². The SMILES string of the molecule is CCC(C)(C)C(=O)N1CCC[C@@H]1CO. The first-order valence-corrected chi connectivity index (χ1v) is 5.45. The quantitative estimate of drug-likeness (QED) is 0.746. The Morgan fingerprint density at radius 1 is 1.57 bits per heavy atom. The molecule has 0 radical (unpaired) electrons. The lowest BCUT2D eigenvalue weighted by Crippen LogP contribution is -2.44. The molecule has 1 saturated heterocycles. The fraction of sp³-hybridized carbons (Fsp3) is 0.909. The second-order valence-corrected chi connectivity index (χ2v) is 4.71. The molecule has 0 aromatic heterocycles. The van der Waals surface area contributed by atoms with E-state index in [1.165, 1.54) is 0 Å². The van der Waals surface area contributed by atoms with E-state index < -0.39 is 0 Å². The van der Waals surface area contributed by atoms with Crippen molar-refractivity contribution in [1.82, 2.24) is 4.90 Å². The number of likely N-dealkylation sites (tertiary alicyclic amines) is 1. The third kappa shape index (κ3) is 2.08. The van der Waals surface area contributed by atoms with Crippen molar-refractivity contribution >= 4 is 5.91 Å². The highest BCUT2D eigenvalue weighted by Crippen LogP contribution is 2.27. The van der Waals surface area contributed by atoms with E-state index >= 15 is 0 Å². The molecule has 1 aliphatic heterocycles. The largest absolute Gasteiger partial charge is 0.394 e. The topological polar surface area (TPSA) is 40.5 Å². The summed E-state index contributed by atoms with van der Waals surface area (Å²) in [5, 5.41) is 9.13. The molecule has 0 aromatic rings. The molecular weight excluding hydrogens is 178 g/mol. The fourth-order valence-corrected chi connectivity index (χ4v) is 1.83. The number of aliphatic hydroxyl groups is 1. The van der Waals surface area contributed by atoms with Crippen LogP contribution in [-0.4, -0.2) is 35.1 Å². The van der Waals surface area contributed by atoms with Crippen molar-refractivity contribution in [2.24, 2.45) is 5.41 Å². The van der Waals surface area contributed by atoms with Crippen molar-refractivity contribution in [1.29, 1.82) is 0 Å². The summed E-state index contributed by atoms with van der Waals surface area (Å²) in [5.74, 6) is 0.191. The summed E-state index contributed by atoms with van der Waals surface area (Å²) in [6, 6.07) is 0.0633. The molecule has 0 aromatic carbocycles. The van der Waals surface area contributed by atoms with Crippen molar-refractivity contribution in [3.05, 3.63) is 0 Å². The summed E-state index contributed by atoms with van der Waals surface area (Å²) in [6.07, 6.45) is 2.82. The zero-order valence-electron chi connectivity index (χ0n) is 9.42. The molecule has 0 bridgehead atoms. The Balaban J connectivity index is 2.69. The summed E-state index contributed by atoms with van der Waals surface area (Å²) in [7, 11) is 0. The second-order valence-electron chi connectivity index (χ2n) is 4.71. The number of nitrogens with zero attached hydrogens (tertiary/aromatic N) is 1. The van der Waals surface area contributed by atoms with Crippen LogP contribution in [0.5, 0.6) is 0 Å². The Morgan fingerprint density at radius 2 is 2.21 bits per heavy atom. The molecule has 0 unspecified atom stereocenters. The first-order chi connectivity index (χ1) is 6.53. The summed E-state index contributed by atoms with van der Waals surface area (Å²) >= 11 is 0. The molecule has 0 saturated carbocycles. The minimum atomic E-state index is -0.280. The monoisotopic (exact) mass is 199 g/mol. The van der Waals surface area contributed by atoms with E-state index in [4.69, 9.17) is 5.11 Å². The molecule has 3 heteroatoms. The normalized spacial score (nSPS) is 22.9. The van der Waals surface area contributed by atoms with Crippen LogP contribution in [-0.2, 0) is 4.79 Å². The second kappa shape index (κ2) is 4.30. The van der Waals surface area contributed by atoms with E-state index in [9.17, 15) is 4.79 Å². The standard InChI is InChI=1S/C11H21NO2/c1-4-11(2,3)10(14)12-7-5-6-9(12)8-13/h9,13H,4-8H2,1-3H3/t9-/m1/s1. The van der Waals surface area contributed by atoms with Crippen molar-refractivity contribution in [3.8, 4) is 0 Å². The van der Waals surface area contributed by atoms with Gasteiger partial charge in [0, 0.05) is 12.0 Å². The van der Waals surface area contributed by atoms with Crippen molar-refractivity contribution in [2.45, 2.75) is 46.1 Å². The molecular formula is C11H21NO2. The maximum Gasteiger partial charge on any atom is 0.228 e. The number of carbonyl (C=O) groups excluding carboxylic acids is 1. The summed E-state index contributed by atoms with van der Waals surface area (Å²) in [4.78, 5) is 13.9. The number of hydrogen-bond acceptors (Lipinski definition) is 2. The molecule has 0 aliphatic carbocycles. The summed E-state index contributed by atoms with van der Waals surface area (Å²) in [6.45, 7) is 6.89. The van der Waals surface area contributed by atoms with Crippen LogP contribution >= 0.6 is 0 Å². The summed E-state index contributed by atoms with van der Waals surface area (Å²) in [5.41, 5.74) is -0.280. The van der Waals surface area contributed by atoms with Gasteiger partial charge in [0.2, 0.25) is 5.91 Å². The fourth-order valence-electron chi connectivity index (χ4n) is 1.83. The van der Waals surface area contributed by atoms with Crippen LogP contribution in [0.1, 0.15) is 40.0 Å². The van der Waals surface area contributed by atoms with E-state index in [0.29, 0.717) is 0 Å². The maximum absolute atomic E-state index is 12.1. The van der Waals surface area contributed by atoms with E-state index in [1.54, 1.807) is 0 Å². The third-order valence-electron chi connectivity index (χ3n) is 3.31. The molecule has 1 rings (SSSR count). The van der Waals surface area contributed by atoms with Crippen LogP contribution < -0.4 is 0 Å². The smallest absolute Gasteiger partial charge is 0.228 e. The van der Waals surface area contributed by atoms with Crippen molar-refractivity contribution < 1.29 is 9.90 Å². The van der Waals surface area contributed by atoms with E-state index in [2.05, 4.69) is 0 Å². The van der Waals surface area contributed by atoms with E-state index in [0.717, 1.165) is 25.8 Å². The molecule has 0 spiro atoms. The van der Waals surface area contributed by atoms with Gasteiger partial charge in [-0.3, -0.25) is 4.79 Å². The van der Waals surface area contributed by atoms with Gasteiger partial charge >= 0.3 is 0 Å². The Kier molecular flexibility index (Phi) is 3.53. The molecule has 1 aliphatic rings. The minimum absolute atomic E-state index is 0.0633. The Labute approximate surface area is 86.1 Å². The van der Waals surface area contributed by atoms with Gasteiger partial charge in [0.15, 0.2) is 0 Å². The van der Waals surface area contributed by atoms with Gasteiger partial charge in [-0.25, -0.2) is 0 Å². The van der Waals surface area contributed by atoms with Crippen LogP contribution in [0.2, 0.25) is 0 Å². The van der Waals surface area contributed by atoms with Gasteiger partial charge in [-0.2, -0.15) is 0 Å². The zero-order chi connectivity index (χ0) is 10.8. The summed E-state index contributed by atoms with van der Waals surface area (Å²) < 4.78 is 0. The zero-order valence-corrected chi connectivity index (χ0v) is 9.42. The van der Waals surface area contributed by atoms with E-state index in [-0.39, 0.29) is 24.0 Å². The van der Waals surface area contributed by atoms with E-state index in [1.807, 2.05) is 25.7 Å². The van der Waals surface area contributed by atoms with Crippen LogP contribution in [0, 0.1) is 5.41 Å². The van der Waals surface area contributed by atoms with Gasteiger partial charge in [-0.05, 0) is 19.3 Å². The van der Waals surface area contributed by atoms with Gasteiger partial charge < -0.3 is 10.0 Å². The highest BCUT2D eigenvalue weighted by atomic mass is 16.3. The van der Waals surface area contributed by atoms with Crippen LogP contribution in [0.4, 0.5) is 0 Å². The average molecular weight is 199 g/mol. The molecule has 1 fully saturated rings. The lowest BCUT2D eigenvalue weighted by atomic mass is 9.88. The number of carbonyl (C=O) groups is 1. The highest BCUT2D eigenvalue weighted by Gasteiger charge is 2.36. The Bertz CT molecular complexity index is 213. The molecule has 82 valence electrons. The Morgan fingerprint density at radius 3 is 2.71 bits per heavy atom. The highest BCUT2D eigenvalue weighted by molar-refractivity contribution is 5.82. The lowest BCUT2D eigenvalue weighted by Gasteiger charge is -2.31. The van der Waals surface area contributed by atoms with Crippen molar-refractivity contribution in [3.63, 3.8) is 0 Å². The number of rotatable bonds is 3. The molecule has 1 N–H and O–H groups in total. The number of amides is 1. The third-order valence-corrected chi connectivity index (χ3v) is 3.31. The molecule has 1 amide bonds. The van der Waals surface area contributed by atoms with Crippen molar-refractivity contribution in [2.75, 3.05) is 13.2 Å². The maximum atomic E-state index is 12.1. The minimum Gasteiger partial charge on any atom is -0.394 e. The first kappa shape index (κ1) is 11.5. The first-order valence-electron chi connectivity index (χ1n) is 5.45. The molecule has 1 heterocycles. The average Bonchev–Trinajstić information content (AvgIpc) is 2.64. The van der Waals surface area contributed by atoms with Gasteiger partial charge in [0.1, 0.15) is 0 Å². The lowest BCUT2D eigenvalue weighted by molar-refractivity contribution is -0.142. The predicted molar refractivity (Wildman–Crippen MR) is 55.9 cm³/mol. The molecule has 1 atom stereocenters. The van der Waals surface area contributed by atoms with Crippen LogP contribution in [0.3, 0.4) is 0 Å². The van der Waals surface area contributed by atoms with Crippen LogP contribution in [0.15, 0.2) is 0 Å². The van der Waals surface area contributed by atoms with Crippen LogP contribution in [0.25, 0.3) is 0 Å². The number of aliphatic hydroxyl groups excluding tert-OH is 1. The number of hydrogen-bond donors (Lipinski definition) is 1. The molecule has 14 heavy (non-hydrogen) atoms. The predicted octanol–water partition coefficient (Wildman–Crippen LogP) is 1.41. The Hall–Kier alpha value is -0.570. The van der Waals surface area contributed by atoms with Gasteiger partial charge in [-0.1, -0.05) is 20.8 Å². The van der Waals surface area contributed by atoms with Gasteiger partial charge in [0.25, 0.3) is 0 Å².